The SMILES string of the molecule is CC1(Cc2ccc(Br)cc2)C(=O)N(c2cc(Cl)cc(Cl)c2)c2ncc(S(=O)(=O)N3CCN(C(=O)C4CCC(=O)N4)CC3)n21. The summed E-state index contributed by atoms with van der Waals surface area (Å²) in [5.74, 6) is -0.629. The maximum Gasteiger partial charge on any atom is 0.260 e. The van der Waals surface area contributed by atoms with Crippen LogP contribution in [-0.4, -0.2) is 77.1 Å². The third-order valence-electron chi connectivity index (χ3n) is 8.08. The van der Waals surface area contributed by atoms with Crippen LogP contribution in [0.3, 0.4) is 0 Å². The van der Waals surface area contributed by atoms with E-state index in [0.717, 1.165) is 10.0 Å². The first kappa shape index (κ1) is 30.1. The lowest BCUT2D eigenvalue weighted by molar-refractivity contribution is -0.135. The summed E-state index contributed by atoms with van der Waals surface area (Å²) in [6, 6.07) is 11.6. The second-order valence-electron chi connectivity index (χ2n) is 11.0. The number of nitrogens with zero attached hydrogens (tertiary/aromatic N) is 5. The van der Waals surface area contributed by atoms with Gasteiger partial charge in [0.1, 0.15) is 11.6 Å². The van der Waals surface area contributed by atoms with Crippen LogP contribution >= 0.6 is 39.1 Å². The molecule has 2 unspecified atom stereocenters. The fraction of sp³-hybridized carbons (Fsp3) is 0.357. The van der Waals surface area contributed by atoms with E-state index in [2.05, 4.69) is 26.2 Å². The van der Waals surface area contributed by atoms with Crippen LogP contribution in [0.2, 0.25) is 10.0 Å². The van der Waals surface area contributed by atoms with Gasteiger partial charge >= 0.3 is 0 Å². The van der Waals surface area contributed by atoms with Crippen LogP contribution in [0.25, 0.3) is 0 Å². The Morgan fingerprint density at radius 3 is 2.33 bits per heavy atom. The van der Waals surface area contributed by atoms with E-state index in [4.69, 9.17) is 23.2 Å². The van der Waals surface area contributed by atoms with Gasteiger partial charge in [-0.05, 0) is 49.2 Å². The summed E-state index contributed by atoms with van der Waals surface area (Å²) < 4.78 is 32.0. The van der Waals surface area contributed by atoms with Crippen molar-refractivity contribution < 1.29 is 22.8 Å². The van der Waals surface area contributed by atoms with Crippen LogP contribution in [0.1, 0.15) is 25.3 Å². The molecule has 2 fully saturated rings. The van der Waals surface area contributed by atoms with Crippen LogP contribution in [0, 0.1) is 0 Å². The van der Waals surface area contributed by atoms with Crippen molar-refractivity contribution in [3.63, 3.8) is 0 Å². The van der Waals surface area contributed by atoms with Gasteiger partial charge in [-0.1, -0.05) is 51.3 Å². The second-order valence-corrected chi connectivity index (χ2v) is 14.6. The highest BCUT2D eigenvalue weighted by molar-refractivity contribution is 9.10. The Labute approximate surface area is 266 Å². The molecular formula is C28H27BrCl2N6O5S. The van der Waals surface area contributed by atoms with Crippen molar-refractivity contribution in [3.05, 3.63) is 68.7 Å². The van der Waals surface area contributed by atoms with Crippen LogP contribution in [0.15, 0.2) is 58.2 Å². The van der Waals surface area contributed by atoms with Gasteiger partial charge in [0.05, 0.1) is 11.9 Å². The van der Waals surface area contributed by atoms with Gasteiger partial charge < -0.3 is 10.2 Å². The molecule has 2 atom stereocenters. The molecule has 4 heterocycles. The van der Waals surface area contributed by atoms with E-state index in [1.54, 1.807) is 30.0 Å². The Bertz CT molecular complexity index is 1720. The van der Waals surface area contributed by atoms with Gasteiger partial charge in [-0.25, -0.2) is 18.3 Å². The van der Waals surface area contributed by atoms with Crippen LogP contribution in [0.4, 0.5) is 11.6 Å². The summed E-state index contributed by atoms with van der Waals surface area (Å²) in [7, 11) is -4.15. The zero-order valence-corrected chi connectivity index (χ0v) is 26.9. The maximum atomic E-state index is 14.2. The number of nitrogens with one attached hydrogen (secondary N) is 1. The molecule has 0 aliphatic carbocycles. The molecule has 2 saturated heterocycles. The first-order chi connectivity index (χ1) is 20.4. The molecule has 0 radical (unpaired) electrons. The molecule has 15 heteroatoms. The summed E-state index contributed by atoms with van der Waals surface area (Å²) in [6.07, 6.45) is 2.18. The molecule has 0 saturated carbocycles. The Hall–Kier alpha value is -2.97. The molecule has 1 N–H and O–H groups in total. The number of imidazole rings is 1. The van der Waals surface area contributed by atoms with Crippen molar-refractivity contribution in [3.8, 4) is 0 Å². The normalized spacial score (nSPS) is 22.7. The van der Waals surface area contributed by atoms with Crippen molar-refractivity contribution in [2.45, 2.75) is 42.8 Å². The Morgan fingerprint density at radius 1 is 1.07 bits per heavy atom. The lowest BCUT2D eigenvalue weighted by atomic mass is 9.92. The first-order valence-corrected chi connectivity index (χ1v) is 16.6. The van der Waals surface area contributed by atoms with E-state index in [-0.39, 0.29) is 61.3 Å². The molecule has 11 nitrogen and oxygen atoms in total. The van der Waals surface area contributed by atoms with Gasteiger partial charge in [0.2, 0.25) is 17.8 Å². The zero-order valence-electron chi connectivity index (χ0n) is 23.0. The van der Waals surface area contributed by atoms with E-state index >= 15 is 0 Å². The first-order valence-electron chi connectivity index (χ1n) is 13.6. The van der Waals surface area contributed by atoms with E-state index in [1.807, 2.05) is 24.3 Å². The molecule has 226 valence electrons. The van der Waals surface area contributed by atoms with E-state index in [0.29, 0.717) is 28.6 Å². The van der Waals surface area contributed by atoms with Crippen molar-refractivity contribution in [2.24, 2.45) is 0 Å². The number of piperazine rings is 1. The fourth-order valence-corrected chi connectivity index (χ4v) is 8.30. The number of halogens is 3. The third kappa shape index (κ3) is 5.35. The maximum absolute atomic E-state index is 14.2. The Balaban J connectivity index is 1.35. The highest BCUT2D eigenvalue weighted by Gasteiger charge is 2.52. The number of fused-ring (bicyclic) bond motifs is 1. The monoisotopic (exact) mass is 708 g/mol. The molecule has 1 aromatic heterocycles. The summed E-state index contributed by atoms with van der Waals surface area (Å²) in [5, 5.41) is 3.17. The summed E-state index contributed by atoms with van der Waals surface area (Å²) in [4.78, 5) is 46.1. The minimum atomic E-state index is -4.15. The average Bonchev–Trinajstić information content (AvgIpc) is 3.65. The van der Waals surface area contributed by atoms with Gasteiger partial charge in [0.15, 0.2) is 5.03 Å². The zero-order chi connectivity index (χ0) is 30.7. The number of benzene rings is 2. The van der Waals surface area contributed by atoms with Crippen LogP contribution < -0.4 is 10.2 Å². The lowest BCUT2D eigenvalue weighted by Gasteiger charge is -2.35. The summed E-state index contributed by atoms with van der Waals surface area (Å²) >= 11 is 16.0. The van der Waals surface area contributed by atoms with Gasteiger partial charge in [0, 0.05) is 53.5 Å². The molecule has 0 spiro atoms. The molecule has 0 bridgehead atoms. The standard InChI is InChI=1S/C28H27BrCl2N6O5S/c1-28(15-17-2-4-18(29)5-3-17)26(40)36(21-13-19(30)12-20(31)14-21)27-32-16-24(37(27)28)43(41,42)35-10-8-34(9-11-35)25(39)22-6-7-23(38)33-22/h2-5,12-14,16,22H,6-11,15H2,1H3,(H,33,38). The molecular weight excluding hydrogens is 683 g/mol. The van der Waals surface area contributed by atoms with Gasteiger partial charge in [-0.2, -0.15) is 4.31 Å². The molecule has 6 rings (SSSR count). The highest BCUT2D eigenvalue weighted by Crippen LogP contribution is 2.45. The smallest absolute Gasteiger partial charge is 0.260 e. The molecule has 3 aromatic rings. The molecule has 2 aromatic carbocycles. The van der Waals surface area contributed by atoms with E-state index < -0.39 is 21.6 Å². The van der Waals surface area contributed by atoms with Crippen molar-refractivity contribution in [1.82, 2.24) is 24.1 Å². The fourth-order valence-electron chi connectivity index (χ4n) is 5.91. The molecule has 3 aliphatic rings. The number of hydrogen-bond donors (Lipinski definition) is 1. The number of amides is 3. The Morgan fingerprint density at radius 2 is 1.72 bits per heavy atom. The van der Waals surface area contributed by atoms with Gasteiger partial charge in [-0.15, -0.1) is 0 Å². The number of carbonyl (C=O) groups excluding carboxylic acids is 3. The topological polar surface area (TPSA) is 125 Å². The number of aromatic nitrogens is 2. The number of anilines is 2. The number of carbonyl (C=O) groups is 3. The average molecular weight is 710 g/mol. The summed E-state index contributed by atoms with van der Waals surface area (Å²) in [5.41, 5.74) is -0.182. The minimum Gasteiger partial charge on any atom is -0.344 e. The third-order valence-corrected chi connectivity index (χ3v) is 10.9. The second kappa shape index (κ2) is 11.2. The van der Waals surface area contributed by atoms with Gasteiger partial charge in [0.25, 0.3) is 15.9 Å². The molecule has 43 heavy (non-hydrogen) atoms. The molecule has 3 amide bonds. The minimum absolute atomic E-state index is 0.0558. The predicted molar refractivity (Wildman–Crippen MR) is 164 cm³/mol. The predicted octanol–water partition coefficient (Wildman–Crippen LogP) is 3.70. The summed E-state index contributed by atoms with van der Waals surface area (Å²) in [6.45, 7) is 2.15. The van der Waals surface area contributed by atoms with Crippen molar-refractivity contribution in [1.29, 1.82) is 0 Å². The highest BCUT2D eigenvalue weighted by atomic mass is 79.9. The quantitative estimate of drug-likeness (QED) is 0.417. The van der Waals surface area contributed by atoms with Crippen molar-refractivity contribution >= 4 is 78.5 Å². The number of sulfonamides is 1. The number of rotatable bonds is 6. The largest absolute Gasteiger partial charge is 0.344 e. The number of hydrogen-bond acceptors (Lipinski definition) is 6. The molecule has 3 aliphatic heterocycles. The van der Waals surface area contributed by atoms with Gasteiger partial charge in [-0.3, -0.25) is 19.0 Å². The van der Waals surface area contributed by atoms with Crippen molar-refractivity contribution in [2.75, 3.05) is 31.1 Å². The van der Waals surface area contributed by atoms with E-state index in [9.17, 15) is 22.8 Å². The van der Waals surface area contributed by atoms with E-state index in [1.165, 1.54) is 20.0 Å². The van der Waals surface area contributed by atoms with Crippen LogP contribution in [0.5, 0.6) is 0 Å². The Kier molecular flexibility index (Phi) is 7.82. The lowest BCUT2D eigenvalue weighted by Crippen LogP contribution is -2.54. The van der Waals surface area contributed by atoms with Crippen LogP contribution in [-0.2, 0) is 36.4 Å².